The van der Waals surface area contributed by atoms with Crippen molar-refractivity contribution >= 4 is 8.07 Å². The summed E-state index contributed by atoms with van der Waals surface area (Å²) in [6, 6.07) is 0. The van der Waals surface area contributed by atoms with Gasteiger partial charge in [-0.05, 0) is 0 Å². The maximum atomic E-state index is 3.36. The van der Waals surface area contributed by atoms with Gasteiger partial charge in [-0.15, -0.1) is 6.42 Å². The molecule has 0 N–H and O–H groups in total. The van der Waals surface area contributed by atoms with Gasteiger partial charge in [0.1, 0.15) is 0 Å². The van der Waals surface area contributed by atoms with Crippen molar-refractivity contribution in [2.75, 3.05) is 0 Å². The molecule has 1 aliphatic carbocycles. The van der Waals surface area contributed by atoms with E-state index in [1.807, 2.05) is 0 Å². The Morgan fingerprint density at radius 2 is 2.00 bits per heavy atom. The van der Waals surface area contributed by atoms with Crippen LogP contribution in [-0.2, 0) is 19.5 Å². The average Bonchev–Trinajstić information content (AvgIpc) is 2.08. The van der Waals surface area contributed by atoms with Crippen LogP contribution in [0.2, 0.25) is 19.6 Å². The maximum absolute atomic E-state index is 3.36. The van der Waals surface area contributed by atoms with E-state index in [9.17, 15) is 0 Å². The van der Waals surface area contributed by atoms with Gasteiger partial charge in [-0.3, -0.25) is 6.08 Å². The summed E-state index contributed by atoms with van der Waals surface area (Å²) in [5.41, 5.74) is 0. The van der Waals surface area contributed by atoms with E-state index in [2.05, 4.69) is 37.9 Å². The Bertz CT molecular complexity index is 163. The molecule has 0 aliphatic heterocycles. The van der Waals surface area contributed by atoms with Gasteiger partial charge in [-0.1, -0.05) is 19.6 Å². The number of allylic oxidation sites excluding steroid dienone is 4. The Hall–Kier alpha value is 0.320. The molecule has 57 valence electrons. The van der Waals surface area contributed by atoms with Gasteiger partial charge in [0, 0.05) is 8.07 Å². The van der Waals surface area contributed by atoms with E-state index in [1.54, 1.807) is 0 Å². The topological polar surface area (TPSA) is 0 Å². The average molecular weight is 238 g/mol. The molecule has 0 heterocycles. The molecule has 0 nitrogen and oxygen atoms in total. The molecule has 10 heavy (non-hydrogen) atoms. The summed E-state index contributed by atoms with van der Waals surface area (Å²) in [5.74, 6) is 0. The number of rotatable bonds is 1. The van der Waals surface area contributed by atoms with Gasteiger partial charge in [0.2, 0.25) is 0 Å². The predicted octanol–water partition coefficient (Wildman–Crippen LogP) is 2.55. The molecular weight excluding hydrogens is 225 g/mol. The molecule has 1 rings (SSSR count). The summed E-state index contributed by atoms with van der Waals surface area (Å²) < 4.78 is 0. The third kappa shape index (κ3) is 2.51. The molecule has 0 bridgehead atoms. The third-order valence-corrected chi connectivity index (χ3v) is 3.46. The van der Waals surface area contributed by atoms with E-state index in [1.165, 1.54) is 5.20 Å². The molecule has 0 aromatic heterocycles. The summed E-state index contributed by atoms with van der Waals surface area (Å²) in [7, 11) is -1.01. The second-order valence-corrected chi connectivity index (χ2v) is 8.49. The van der Waals surface area contributed by atoms with Crippen molar-refractivity contribution in [3.63, 3.8) is 0 Å². The predicted molar refractivity (Wildman–Crippen MR) is 43.9 cm³/mol. The quantitative estimate of drug-likeness (QED) is 0.486. The molecule has 0 saturated carbocycles. The molecule has 1 aliphatic rings. The summed E-state index contributed by atoms with van der Waals surface area (Å²) in [6.45, 7) is 7.06. The normalized spacial score (nSPS) is 16.5. The van der Waals surface area contributed by atoms with Crippen LogP contribution < -0.4 is 0 Å². The minimum atomic E-state index is -1.01. The summed E-state index contributed by atoms with van der Waals surface area (Å²) in [4.78, 5) is 0. The molecular formula is C8H13RuSi. The first-order chi connectivity index (χ1) is 4.11. The Morgan fingerprint density at radius 1 is 1.40 bits per heavy atom. The van der Waals surface area contributed by atoms with E-state index >= 15 is 0 Å². The molecule has 0 spiro atoms. The van der Waals surface area contributed by atoms with Crippen molar-refractivity contribution in [3.05, 3.63) is 23.4 Å². The van der Waals surface area contributed by atoms with Crippen molar-refractivity contribution in [2.45, 2.75) is 26.1 Å². The van der Waals surface area contributed by atoms with Crippen molar-refractivity contribution in [1.82, 2.24) is 0 Å². The maximum Gasteiger partial charge on any atom is 1.00 e. The Balaban J connectivity index is 0.000000810. The molecule has 0 saturated heterocycles. The van der Waals surface area contributed by atoms with Gasteiger partial charge < -0.3 is 0 Å². The Kier molecular flexibility index (Phi) is 3.75. The van der Waals surface area contributed by atoms with Crippen LogP contribution in [0.1, 0.15) is 6.42 Å². The zero-order chi connectivity index (χ0) is 6.91. The van der Waals surface area contributed by atoms with Gasteiger partial charge in [0.25, 0.3) is 0 Å². The standard InChI is InChI=1S/C8H13Si.Ru/c1-9(2,3)8-6-4-5-7-8;/h4,6H,5H2,1-3H3;/q-1;+1. The first-order valence-corrected chi connectivity index (χ1v) is 6.88. The monoisotopic (exact) mass is 239 g/mol. The summed E-state index contributed by atoms with van der Waals surface area (Å²) >= 11 is 0. The number of hydrogen-bond acceptors (Lipinski definition) is 0. The van der Waals surface area contributed by atoms with Crippen molar-refractivity contribution < 1.29 is 19.5 Å². The van der Waals surface area contributed by atoms with Crippen LogP contribution >= 0.6 is 0 Å². The molecule has 0 amide bonds. The fourth-order valence-corrected chi connectivity index (χ4v) is 2.17. The smallest absolute Gasteiger partial charge is 0.274 e. The molecule has 2 heteroatoms. The van der Waals surface area contributed by atoms with Gasteiger partial charge >= 0.3 is 19.5 Å². The van der Waals surface area contributed by atoms with Crippen molar-refractivity contribution in [2.24, 2.45) is 0 Å². The van der Waals surface area contributed by atoms with Crippen LogP contribution in [-0.4, -0.2) is 8.07 Å². The van der Waals surface area contributed by atoms with Gasteiger partial charge in [-0.2, -0.15) is 6.08 Å². The van der Waals surface area contributed by atoms with Crippen molar-refractivity contribution in [3.8, 4) is 0 Å². The van der Waals surface area contributed by atoms with E-state index in [-0.39, 0.29) is 19.5 Å². The SMILES string of the molecule is C[Si](C)(C)C1=[C-]CC=C1.[Ru+]. The van der Waals surface area contributed by atoms with E-state index in [0.717, 1.165) is 6.42 Å². The van der Waals surface area contributed by atoms with E-state index < -0.39 is 8.07 Å². The first kappa shape index (κ1) is 10.3. The van der Waals surface area contributed by atoms with E-state index in [0.29, 0.717) is 0 Å². The Labute approximate surface area is 77.2 Å². The minimum Gasteiger partial charge on any atom is -0.274 e. The third-order valence-electron chi connectivity index (χ3n) is 1.50. The zero-order valence-electron chi connectivity index (χ0n) is 6.72. The molecule has 0 fully saturated rings. The number of hydrogen-bond donors (Lipinski definition) is 0. The van der Waals surface area contributed by atoms with Crippen LogP contribution in [0, 0.1) is 6.08 Å². The van der Waals surface area contributed by atoms with Crippen LogP contribution in [0.5, 0.6) is 0 Å². The molecule has 1 radical (unpaired) electrons. The molecule has 0 atom stereocenters. The zero-order valence-corrected chi connectivity index (χ0v) is 9.45. The van der Waals surface area contributed by atoms with E-state index in [4.69, 9.17) is 0 Å². The second kappa shape index (κ2) is 3.64. The summed E-state index contributed by atoms with van der Waals surface area (Å²) in [5, 5.41) is 1.49. The first-order valence-electron chi connectivity index (χ1n) is 3.38. The van der Waals surface area contributed by atoms with Gasteiger partial charge in [0.05, 0.1) is 0 Å². The molecule has 0 aromatic carbocycles. The molecule has 0 unspecified atom stereocenters. The van der Waals surface area contributed by atoms with Crippen LogP contribution in [0.15, 0.2) is 17.3 Å². The Morgan fingerprint density at radius 3 is 2.20 bits per heavy atom. The fraction of sp³-hybridized carbons (Fsp3) is 0.500. The van der Waals surface area contributed by atoms with Crippen LogP contribution in [0.25, 0.3) is 0 Å². The van der Waals surface area contributed by atoms with Crippen LogP contribution in [0.3, 0.4) is 0 Å². The van der Waals surface area contributed by atoms with Crippen LogP contribution in [0.4, 0.5) is 0 Å². The largest absolute Gasteiger partial charge is 1.00 e. The minimum absolute atomic E-state index is 0. The second-order valence-electron chi connectivity index (χ2n) is 3.45. The summed E-state index contributed by atoms with van der Waals surface area (Å²) in [6.07, 6.45) is 8.82. The van der Waals surface area contributed by atoms with Gasteiger partial charge in [0.15, 0.2) is 0 Å². The fourth-order valence-electron chi connectivity index (χ4n) is 0.920. The van der Waals surface area contributed by atoms with Gasteiger partial charge in [-0.25, -0.2) is 11.3 Å². The molecule has 0 aromatic rings. The van der Waals surface area contributed by atoms with Crippen molar-refractivity contribution in [1.29, 1.82) is 0 Å².